The van der Waals surface area contributed by atoms with Crippen molar-refractivity contribution in [1.82, 2.24) is 10.6 Å². The lowest BCUT2D eigenvalue weighted by Gasteiger charge is -2.14. The van der Waals surface area contributed by atoms with Crippen molar-refractivity contribution >= 4 is 12.0 Å². The third-order valence-electron chi connectivity index (χ3n) is 3.31. The highest BCUT2D eigenvalue weighted by Crippen LogP contribution is 2.33. The molecule has 5 heteroatoms. The highest BCUT2D eigenvalue weighted by molar-refractivity contribution is 5.75. The molecule has 1 aliphatic carbocycles. The average molecular weight is 262 g/mol. The zero-order valence-corrected chi connectivity index (χ0v) is 10.9. The third kappa shape index (κ3) is 3.98. The average Bonchev–Trinajstić information content (AvgIpc) is 3.05. The molecular formula is C14H18N2O3. The second kappa shape index (κ2) is 5.30. The molecular weight excluding hydrogens is 244 g/mol. The van der Waals surface area contributed by atoms with Crippen molar-refractivity contribution in [3.8, 4) is 0 Å². The standard InChI is InChI=1S/C14H18N2O3/c1-14(6-7-14)16-13(19)15-9-11-5-3-2-4-10(11)8-12(17)18/h2-5H,6-9H2,1H3,(H,17,18)(H2,15,16,19). The van der Waals surface area contributed by atoms with E-state index in [0.717, 1.165) is 24.0 Å². The Morgan fingerprint density at radius 2 is 1.89 bits per heavy atom. The molecule has 2 rings (SSSR count). The summed E-state index contributed by atoms with van der Waals surface area (Å²) in [7, 11) is 0. The zero-order valence-electron chi connectivity index (χ0n) is 10.9. The molecule has 0 aromatic heterocycles. The molecule has 1 aromatic rings. The Morgan fingerprint density at radius 1 is 1.26 bits per heavy atom. The summed E-state index contributed by atoms with van der Waals surface area (Å²) in [5.41, 5.74) is 1.51. The smallest absolute Gasteiger partial charge is 0.315 e. The van der Waals surface area contributed by atoms with Crippen molar-refractivity contribution in [2.75, 3.05) is 0 Å². The van der Waals surface area contributed by atoms with E-state index >= 15 is 0 Å². The van der Waals surface area contributed by atoms with Gasteiger partial charge >= 0.3 is 12.0 Å². The van der Waals surface area contributed by atoms with Gasteiger partial charge in [-0.05, 0) is 30.9 Å². The number of benzene rings is 1. The second-order valence-electron chi connectivity index (χ2n) is 5.21. The van der Waals surface area contributed by atoms with Crippen LogP contribution in [0, 0.1) is 0 Å². The van der Waals surface area contributed by atoms with Crippen LogP contribution < -0.4 is 10.6 Å². The maximum Gasteiger partial charge on any atom is 0.315 e. The van der Waals surface area contributed by atoms with Gasteiger partial charge in [-0.25, -0.2) is 4.79 Å². The van der Waals surface area contributed by atoms with Gasteiger partial charge in [0.25, 0.3) is 0 Å². The largest absolute Gasteiger partial charge is 0.481 e. The first-order valence-electron chi connectivity index (χ1n) is 6.33. The lowest BCUT2D eigenvalue weighted by atomic mass is 10.0. The van der Waals surface area contributed by atoms with Crippen LogP contribution in [0.2, 0.25) is 0 Å². The fourth-order valence-corrected chi connectivity index (χ4v) is 1.87. The number of hydrogen-bond donors (Lipinski definition) is 3. The number of rotatable bonds is 5. The topological polar surface area (TPSA) is 78.4 Å². The number of nitrogens with one attached hydrogen (secondary N) is 2. The molecule has 0 atom stereocenters. The summed E-state index contributed by atoms with van der Waals surface area (Å²) >= 11 is 0. The van der Waals surface area contributed by atoms with E-state index < -0.39 is 5.97 Å². The number of carboxylic acid groups (broad SMARTS) is 1. The molecule has 0 aliphatic heterocycles. The van der Waals surface area contributed by atoms with Gasteiger partial charge in [-0.2, -0.15) is 0 Å². The molecule has 19 heavy (non-hydrogen) atoms. The Bertz CT molecular complexity index is 495. The van der Waals surface area contributed by atoms with Gasteiger partial charge in [0.1, 0.15) is 0 Å². The fourth-order valence-electron chi connectivity index (χ4n) is 1.87. The van der Waals surface area contributed by atoms with Gasteiger partial charge in [-0.3, -0.25) is 4.79 Å². The fraction of sp³-hybridized carbons (Fsp3) is 0.429. The van der Waals surface area contributed by atoms with Crippen molar-refractivity contribution in [2.24, 2.45) is 0 Å². The van der Waals surface area contributed by atoms with Crippen molar-refractivity contribution in [3.63, 3.8) is 0 Å². The van der Waals surface area contributed by atoms with Crippen LogP contribution in [-0.4, -0.2) is 22.6 Å². The van der Waals surface area contributed by atoms with Crippen LogP contribution in [0.4, 0.5) is 4.79 Å². The molecule has 0 heterocycles. The van der Waals surface area contributed by atoms with E-state index in [2.05, 4.69) is 10.6 Å². The SMILES string of the molecule is CC1(NC(=O)NCc2ccccc2CC(=O)O)CC1. The van der Waals surface area contributed by atoms with E-state index in [1.54, 1.807) is 12.1 Å². The van der Waals surface area contributed by atoms with Crippen LogP contribution in [0.3, 0.4) is 0 Å². The molecule has 1 fully saturated rings. The van der Waals surface area contributed by atoms with Crippen LogP contribution in [0.5, 0.6) is 0 Å². The predicted octanol–water partition coefficient (Wildman–Crippen LogP) is 1.67. The number of urea groups is 1. The molecule has 1 aromatic carbocycles. The molecule has 0 unspecified atom stereocenters. The summed E-state index contributed by atoms with van der Waals surface area (Å²) in [6.07, 6.45) is 1.99. The summed E-state index contributed by atoms with van der Waals surface area (Å²) in [6, 6.07) is 7.03. The maximum absolute atomic E-state index is 11.7. The van der Waals surface area contributed by atoms with Crippen molar-refractivity contribution in [2.45, 2.75) is 38.3 Å². The Kier molecular flexibility index (Phi) is 3.74. The Balaban J connectivity index is 1.91. The second-order valence-corrected chi connectivity index (χ2v) is 5.21. The molecule has 5 nitrogen and oxygen atoms in total. The summed E-state index contributed by atoms with van der Waals surface area (Å²) in [5, 5.41) is 14.5. The van der Waals surface area contributed by atoms with Gasteiger partial charge in [-0.1, -0.05) is 24.3 Å². The number of carbonyl (C=O) groups is 2. The van der Waals surface area contributed by atoms with Gasteiger partial charge in [0.15, 0.2) is 0 Å². The monoisotopic (exact) mass is 262 g/mol. The van der Waals surface area contributed by atoms with Crippen molar-refractivity contribution < 1.29 is 14.7 Å². The zero-order chi connectivity index (χ0) is 13.9. The lowest BCUT2D eigenvalue weighted by molar-refractivity contribution is -0.136. The van der Waals surface area contributed by atoms with Gasteiger partial charge < -0.3 is 15.7 Å². The molecule has 1 aliphatic rings. The maximum atomic E-state index is 11.7. The first-order valence-corrected chi connectivity index (χ1v) is 6.33. The van der Waals surface area contributed by atoms with Crippen molar-refractivity contribution in [1.29, 1.82) is 0 Å². The van der Waals surface area contributed by atoms with E-state index in [4.69, 9.17) is 5.11 Å². The molecule has 102 valence electrons. The number of hydrogen-bond acceptors (Lipinski definition) is 2. The van der Waals surface area contributed by atoms with E-state index in [0.29, 0.717) is 6.54 Å². The van der Waals surface area contributed by atoms with E-state index in [1.165, 1.54) is 0 Å². The van der Waals surface area contributed by atoms with Gasteiger partial charge in [0.2, 0.25) is 0 Å². The summed E-state index contributed by atoms with van der Waals surface area (Å²) < 4.78 is 0. The van der Waals surface area contributed by atoms with Crippen molar-refractivity contribution in [3.05, 3.63) is 35.4 Å². The Labute approximate surface area is 112 Å². The minimum atomic E-state index is -0.873. The number of aliphatic carboxylic acids is 1. The highest BCUT2D eigenvalue weighted by atomic mass is 16.4. The van der Waals surface area contributed by atoms with E-state index in [9.17, 15) is 9.59 Å². The Morgan fingerprint density at radius 3 is 2.47 bits per heavy atom. The molecule has 0 saturated heterocycles. The third-order valence-corrected chi connectivity index (χ3v) is 3.31. The van der Waals surface area contributed by atoms with Gasteiger partial charge in [0, 0.05) is 12.1 Å². The molecule has 2 amide bonds. The van der Waals surface area contributed by atoms with Crippen LogP contribution in [0.25, 0.3) is 0 Å². The molecule has 0 radical (unpaired) electrons. The van der Waals surface area contributed by atoms with Crippen LogP contribution >= 0.6 is 0 Å². The van der Waals surface area contributed by atoms with Crippen LogP contribution in [0.15, 0.2) is 24.3 Å². The van der Waals surface area contributed by atoms with Gasteiger partial charge in [-0.15, -0.1) is 0 Å². The van der Waals surface area contributed by atoms with Gasteiger partial charge in [0.05, 0.1) is 6.42 Å². The summed E-state index contributed by atoms with van der Waals surface area (Å²) in [6.45, 7) is 2.34. The Hall–Kier alpha value is -2.04. The summed E-state index contributed by atoms with van der Waals surface area (Å²) in [4.78, 5) is 22.4. The van der Waals surface area contributed by atoms with Crippen LogP contribution in [0.1, 0.15) is 30.9 Å². The number of carboxylic acids is 1. The van der Waals surface area contributed by atoms with Crippen LogP contribution in [-0.2, 0) is 17.8 Å². The molecule has 0 bridgehead atoms. The van der Waals surface area contributed by atoms with E-state index in [1.807, 2.05) is 19.1 Å². The molecule has 3 N–H and O–H groups in total. The molecule has 1 saturated carbocycles. The minimum absolute atomic E-state index is 0.0306. The quantitative estimate of drug-likeness (QED) is 0.755. The lowest BCUT2D eigenvalue weighted by Crippen LogP contribution is -2.41. The molecule has 0 spiro atoms. The number of carbonyl (C=O) groups excluding carboxylic acids is 1. The predicted molar refractivity (Wildman–Crippen MR) is 70.8 cm³/mol. The first kappa shape index (κ1) is 13.4. The van der Waals surface area contributed by atoms with E-state index in [-0.39, 0.29) is 18.0 Å². The minimum Gasteiger partial charge on any atom is -0.481 e. The first-order chi connectivity index (χ1) is 8.98. The summed E-state index contributed by atoms with van der Waals surface area (Å²) in [5.74, 6) is -0.873. The highest BCUT2D eigenvalue weighted by Gasteiger charge is 2.38. The normalized spacial score (nSPS) is 15.6. The number of amides is 2.